The molecule has 0 saturated carbocycles. The van der Waals surface area contributed by atoms with Crippen molar-refractivity contribution in [1.82, 2.24) is 4.72 Å². The Balaban J connectivity index is 3.02. The highest BCUT2D eigenvalue weighted by molar-refractivity contribution is 7.89. The van der Waals surface area contributed by atoms with E-state index in [4.69, 9.17) is 5.73 Å². The first-order chi connectivity index (χ1) is 8.40. The molecule has 1 aromatic rings. The summed E-state index contributed by atoms with van der Waals surface area (Å²) in [7, 11) is -3.85. The van der Waals surface area contributed by atoms with Crippen molar-refractivity contribution in [3.8, 4) is 0 Å². The van der Waals surface area contributed by atoms with Crippen LogP contribution in [-0.4, -0.2) is 14.5 Å². The van der Waals surface area contributed by atoms with Crippen molar-refractivity contribution in [1.29, 1.82) is 0 Å². The minimum absolute atomic E-state index is 0.180. The van der Waals surface area contributed by atoms with Crippen molar-refractivity contribution in [2.45, 2.75) is 44.0 Å². The molecule has 0 aliphatic heterocycles. The van der Waals surface area contributed by atoms with E-state index in [0.29, 0.717) is 6.42 Å². The van der Waals surface area contributed by atoms with Gasteiger partial charge in [-0.3, -0.25) is 0 Å². The number of nitrogens with two attached hydrogens (primary N) is 1. The average molecular weight is 274 g/mol. The highest BCUT2D eigenvalue weighted by Crippen LogP contribution is 2.18. The first-order valence-corrected chi connectivity index (χ1v) is 7.46. The van der Waals surface area contributed by atoms with E-state index >= 15 is 0 Å². The summed E-state index contributed by atoms with van der Waals surface area (Å²) in [6.07, 6.45) is 2.25. The Bertz CT molecular complexity index is 503. The molecule has 6 heteroatoms. The molecule has 102 valence electrons. The van der Waals surface area contributed by atoms with Gasteiger partial charge < -0.3 is 5.73 Å². The van der Waals surface area contributed by atoms with E-state index in [-0.39, 0.29) is 11.7 Å². The van der Waals surface area contributed by atoms with Crippen LogP contribution in [0.3, 0.4) is 0 Å². The zero-order valence-corrected chi connectivity index (χ0v) is 11.4. The summed E-state index contributed by atoms with van der Waals surface area (Å²) in [6, 6.07) is 3.35. The summed E-state index contributed by atoms with van der Waals surface area (Å²) in [5.41, 5.74) is 5.71. The number of benzene rings is 1. The van der Waals surface area contributed by atoms with Gasteiger partial charge in [-0.25, -0.2) is 17.5 Å². The number of anilines is 1. The number of hydrogen-bond donors (Lipinski definition) is 2. The number of sulfonamides is 1. The molecule has 18 heavy (non-hydrogen) atoms. The highest BCUT2D eigenvalue weighted by Gasteiger charge is 2.22. The minimum atomic E-state index is -3.85. The standard InChI is InChI=1S/C12H19FN2O2S/c1-3-5-10(4-2)15-18(16,17)12-8-9(14)6-7-11(12)13/h6-8,10,15H,3-5,14H2,1-2H3. The van der Waals surface area contributed by atoms with E-state index in [2.05, 4.69) is 4.72 Å². The van der Waals surface area contributed by atoms with Gasteiger partial charge in [-0.1, -0.05) is 20.3 Å². The van der Waals surface area contributed by atoms with Crippen LogP contribution in [0.15, 0.2) is 23.1 Å². The maximum Gasteiger partial charge on any atom is 0.243 e. The molecular weight excluding hydrogens is 255 g/mol. The largest absolute Gasteiger partial charge is 0.399 e. The molecule has 0 bridgehead atoms. The summed E-state index contributed by atoms with van der Waals surface area (Å²) >= 11 is 0. The zero-order valence-electron chi connectivity index (χ0n) is 10.6. The highest BCUT2D eigenvalue weighted by atomic mass is 32.2. The molecule has 0 radical (unpaired) electrons. The lowest BCUT2D eigenvalue weighted by Crippen LogP contribution is -2.34. The fourth-order valence-electron chi connectivity index (χ4n) is 1.70. The Morgan fingerprint density at radius 3 is 2.61 bits per heavy atom. The molecule has 1 aromatic carbocycles. The first kappa shape index (κ1) is 14.9. The van der Waals surface area contributed by atoms with Crippen molar-refractivity contribution in [2.75, 3.05) is 5.73 Å². The molecule has 0 fully saturated rings. The summed E-state index contributed by atoms with van der Waals surface area (Å²) < 4.78 is 40.1. The van der Waals surface area contributed by atoms with Gasteiger partial charge in [0.2, 0.25) is 10.0 Å². The number of nitrogens with one attached hydrogen (secondary N) is 1. The van der Waals surface area contributed by atoms with Crippen molar-refractivity contribution < 1.29 is 12.8 Å². The molecule has 1 unspecified atom stereocenters. The van der Waals surface area contributed by atoms with Crippen LogP contribution < -0.4 is 10.5 Å². The van der Waals surface area contributed by atoms with Gasteiger partial charge in [0.05, 0.1) is 0 Å². The van der Waals surface area contributed by atoms with Crippen LogP contribution in [0.1, 0.15) is 33.1 Å². The van der Waals surface area contributed by atoms with E-state index in [0.717, 1.165) is 25.0 Å². The van der Waals surface area contributed by atoms with Gasteiger partial charge in [-0.2, -0.15) is 0 Å². The van der Waals surface area contributed by atoms with Crippen LogP contribution in [0.2, 0.25) is 0 Å². The van der Waals surface area contributed by atoms with Crippen LogP contribution >= 0.6 is 0 Å². The van der Waals surface area contributed by atoms with Crippen molar-refractivity contribution >= 4 is 15.7 Å². The maximum atomic E-state index is 13.5. The molecule has 0 heterocycles. The van der Waals surface area contributed by atoms with Crippen molar-refractivity contribution in [2.24, 2.45) is 0 Å². The zero-order chi connectivity index (χ0) is 13.8. The molecule has 0 amide bonds. The second-order valence-corrected chi connectivity index (χ2v) is 5.89. The number of rotatable bonds is 6. The smallest absolute Gasteiger partial charge is 0.243 e. The fraction of sp³-hybridized carbons (Fsp3) is 0.500. The Hall–Kier alpha value is -1.14. The molecule has 3 N–H and O–H groups in total. The van der Waals surface area contributed by atoms with E-state index in [1.807, 2.05) is 13.8 Å². The van der Waals surface area contributed by atoms with E-state index in [1.54, 1.807) is 0 Å². The van der Waals surface area contributed by atoms with Gasteiger partial charge >= 0.3 is 0 Å². The van der Waals surface area contributed by atoms with E-state index in [9.17, 15) is 12.8 Å². The molecule has 0 saturated heterocycles. The predicted molar refractivity (Wildman–Crippen MR) is 70.1 cm³/mol. The average Bonchev–Trinajstić information content (AvgIpc) is 2.31. The van der Waals surface area contributed by atoms with Gasteiger partial charge in [0.15, 0.2) is 0 Å². The quantitative estimate of drug-likeness (QED) is 0.782. The molecule has 0 aliphatic carbocycles. The van der Waals surface area contributed by atoms with Crippen LogP contribution in [0.25, 0.3) is 0 Å². The monoisotopic (exact) mass is 274 g/mol. The van der Waals surface area contributed by atoms with E-state index < -0.39 is 20.7 Å². The van der Waals surface area contributed by atoms with Gasteiger partial charge in [-0.15, -0.1) is 0 Å². The molecule has 1 atom stereocenters. The SMILES string of the molecule is CCCC(CC)NS(=O)(=O)c1cc(N)ccc1F. The summed E-state index contributed by atoms with van der Waals surface area (Å²) in [4.78, 5) is -0.392. The third kappa shape index (κ3) is 3.68. The fourth-order valence-corrected chi connectivity index (χ4v) is 3.17. The molecule has 1 rings (SSSR count). The van der Waals surface area contributed by atoms with Crippen molar-refractivity contribution in [3.63, 3.8) is 0 Å². The maximum absolute atomic E-state index is 13.5. The van der Waals surface area contributed by atoms with Crippen LogP contribution in [-0.2, 0) is 10.0 Å². The van der Waals surface area contributed by atoms with E-state index in [1.165, 1.54) is 6.07 Å². The summed E-state index contributed by atoms with van der Waals surface area (Å²) in [5, 5.41) is 0. The van der Waals surface area contributed by atoms with Gasteiger partial charge in [0, 0.05) is 11.7 Å². The molecule has 4 nitrogen and oxygen atoms in total. The Labute approximate surface area is 107 Å². The second-order valence-electron chi connectivity index (χ2n) is 4.20. The van der Waals surface area contributed by atoms with Gasteiger partial charge in [0.25, 0.3) is 0 Å². The third-order valence-electron chi connectivity index (χ3n) is 2.70. The first-order valence-electron chi connectivity index (χ1n) is 5.98. The summed E-state index contributed by atoms with van der Waals surface area (Å²) in [6.45, 7) is 3.86. The van der Waals surface area contributed by atoms with Gasteiger partial charge in [0.1, 0.15) is 10.7 Å². The topological polar surface area (TPSA) is 72.2 Å². The lowest BCUT2D eigenvalue weighted by atomic mass is 10.1. The predicted octanol–water partition coefficient (Wildman–Crippen LogP) is 2.26. The number of halogens is 1. The third-order valence-corrected chi connectivity index (χ3v) is 4.23. The Kier molecular flexibility index (Phi) is 5.10. The van der Waals surface area contributed by atoms with Crippen LogP contribution in [0.4, 0.5) is 10.1 Å². The van der Waals surface area contributed by atoms with Gasteiger partial charge in [-0.05, 0) is 31.0 Å². The molecular formula is C12H19FN2O2S. The molecule has 0 aromatic heterocycles. The minimum Gasteiger partial charge on any atom is -0.399 e. The summed E-state index contributed by atoms with van der Waals surface area (Å²) in [5.74, 6) is -0.789. The van der Waals surface area contributed by atoms with Crippen LogP contribution in [0.5, 0.6) is 0 Å². The molecule has 0 spiro atoms. The lowest BCUT2D eigenvalue weighted by Gasteiger charge is -2.16. The Morgan fingerprint density at radius 2 is 2.06 bits per heavy atom. The second kappa shape index (κ2) is 6.15. The normalized spacial score (nSPS) is 13.5. The Morgan fingerprint density at radius 1 is 1.39 bits per heavy atom. The number of nitrogen functional groups attached to an aromatic ring is 1. The molecule has 0 aliphatic rings. The lowest BCUT2D eigenvalue weighted by molar-refractivity contribution is 0.506. The number of hydrogen-bond acceptors (Lipinski definition) is 3. The van der Waals surface area contributed by atoms with Crippen molar-refractivity contribution in [3.05, 3.63) is 24.0 Å². The van der Waals surface area contributed by atoms with Crippen LogP contribution in [0, 0.1) is 5.82 Å².